The van der Waals surface area contributed by atoms with Crippen LogP contribution in [0, 0.1) is 0 Å². The molecule has 1 aliphatic heterocycles. The molecule has 0 aliphatic carbocycles. The minimum absolute atomic E-state index is 0.155. The summed E-state index contributed by atoms with van der Waals surface area (Å²) in [5.41, 5.74) is 0.757. The van der Waals surface area contributed by atoms with Gasteiger partial charge in [0.05, 0.1) is 24.3 Å². The minimum atomic E-state index is -0.564. The molecule has 0 saturated heterocycles. The lowest BCUT2D eigenvalue weighted by Gasteiger charge is -2.19. The maximum Gasteiger partial charge on any atom is 0.343 e. The molecule has 0 aromatic heterocycles. The van der Waals surface area contributed by atoms with Gasteiger partial charge < -0.3 is 18.9 Å². The molecule has 4 aromatic carbocycles. The maximum absolute atomic E-state index is 12.9. The SMILES string of the molecule is O=C(Oc1c2c(c(OC(=O)c3ccccc3)c3cc(Cl)ccc13)OCCCO2)c1ccccc1. The summed E-state index contributed by atoms with van der Waals surface area (Å²) < 4.78 is 23.6. The molecule has 0 atom stereocenters. The van der Waals surface area contributed by atoms with Gasteiger partial charge >= 0.3 is 11.9 Å². The second-order valence-electron chi connectivity index (χ2n) is 7.57. The van der Waals surface area contributed by atoms with Crippen molar-refractivity contribution in [1.29, 1.82) is 0 Å². The number of carbonyl (C=O) groups excluding carboxylic acids is 2. The number of benzene rings is 4. The highest BCUT2D eigenvalue weighted by Crippen LogP contribution is 2.52. The maximum atomic E-state index is 12.9. The Hall–Kier alpha value is -4.03. The molecule has 34 heavy (non-hydrogen) atoms. The van der Waals surface area contributed by atoms with E-state index in [-0.39, 0.29) is 23.0 Å². The molecule has 4 aromatic rings. The van der Waals surface area contributed by atoms with E-state index >= 15 is 0 Å². The summed E-state index contributed by atoms with van der Waals surface area (Å²) in [5.74, 6) is -0.397. The summed E-state index contributed by atoms with van der Waals surface area (Å²) >= 11 is 6.29. The Morgan fingerprint density at radius 2 is 1.18 bits per heavy atom. The summed E-state index contributed by atoms with van der Waals surface area (Å²) in [6.45, 7) is 0.676. The van der Waals surface area contributed by atoms with Gasteiger partial charge in [0.25, 0.3) is 0 Å². The van der Waals surface area contributed by atoms with E-state index in [9.17, 15) is 9.59 Å². The van der Waals surface area contributed by atoms with E-state index in [1.54, 1.807) is 66.7 Å². The highest BCUT2D eigenvalue weighted by molar-refractivity contribution is 6.31. The molecule has 0 saturated carbocycles. The number of hydrogen-bond donors (Lipinski definition) is 0. The van der Waals surface area contributed by atoms with Crippen LogP contribution in [-0.2, 0) is 0 Å². The van der Waals surface area contributed by atoms with Crippen LogP contribution in [0.5, 0.6) is 23.0 Å². The van der Waals surface area contributed by atoms with E-state index in [4.69, 9.17) is 30.5 Å². The Balaban J connectivity index is 1.68. The number of fused-ring (bicyclic) bond motifs is 2. The Morgan fingerprint density at radius 3 is 1.71 bits per heavy atom. The highest BCUT2D eigenvalue weighted by atomic mass is 35.5. The van der Waals surface area contributed by atoms with Gasteiger partial charge in [-0.3, -0.25) is 0 Å². The Labute approximate surface area is 200 Å². The number of esters is 2. The second kappa shape index (κ2) is 9.45. The van der Waals surface area contributed by atoms with E-state index in [1.165, 1.54) is 0 Å². The van der Waals surface area contributed by atoms with E-state index in [2.05, 4.69) is 0 Å². The van der Waals surface area contributed by atoms with Crippen molar-refractivity contribution in [1.82, 2.24) is 0 Å². The molecule has 0 radical (unpaired) electrons. The topological polar surface area (TPSA) is 71.1 Å². The lowest BCUT2D eigenvalue weighted by Crippen LogP contribution is -2.12. The molecule has 0 amide bonds. The van der Waals surface area contributed by atoms with E-state index in [0.29, 0.717) is 46.6 Å². The van der Waals surface area contributed by atoms with Gasteiger partial charge in [0.2, 0.25) is 11.5 Å². The fourth-order valence-electron chi connectivity index (χ4n) is 3.68. The lowest BCUT2D eigenvalue weighted by molar-refractivity contribution is 0.0714. The van der Waals surface area contributed by atoms with Crippen LogP contribution < -0.4 is 18.9 Å². The predicted octanol–water partition coefficient (Wildman–Crippen LogP) is 6.09. The largest absolute Gasteiger partial charge is 0.486 e. The highest BCUT2D eigenvalue weighted by Gasteiger charge is 2.29. The molecule has 170 valence electrons. The summed E-state index contributed by atoms with van der Waals surface area (Å²) in [4.78, 5) is 25.8. The van der Waals surface area contributed by atoms with Crippen molar-refractivity contribution in [2.75, 3.05) is 13.2 Å². The predicted molar refractivity (Wildman–Crippen MR) is 127 cm³/mol. The molecule has 0 fully saturated rings. The normalized spacial score (nSPS) is 12.6. The van der Waals surface area contributed by atoms with Gasteiger partial charge in [0.1, 0.15) is 0 Å². The van der Waals surface area contributed by atoms with Gasteiger partial charge in [-0.1, -0.05) is 48.0 Å². The van der Waals surface area contributed by atoms with E-state index < -0.39 is 11.9 Å². The Kier molecular flexibility index (Phi) is 6.06. The second-order valence-corrected chi connectivity index (χ2v) is 8.00. The zero-order valence-corrected chi connectivity index (χ0v) is 18.7. The van der Waals surface area contributed by atoms with Crippen LogP contribution in [0.25, 0.3) is 10.8 Å². The number of carbonyl (C=O) groups is 2. The van der Waals surface area contributed by atoms with Crippen LogP contribution in [0.15, 0.2) is 78.9 Å². The zero-order chi connectivity index (χ0) is 23.5. The summed E-state index contributed by atoms with van der Waals surface area (Å²) in [5, 5.41) is 1.37. The molecular formula is C27H19ClO6. The van der Waals surface area contributed by atoms with Crippen LogP contribution in [-0.4, -0.2) is 25.2 Å². The van der Waals surface area contributed by atoms with E-state index in [0.717, 1.165) is 0 Å². The molecular weight excluding hydrogens is 456 g/mol. The molecule has 1 aliphatic rings. The smallest absolute Gasteiger partial charge is 0.343 e. The first-order valence-corrected chi connectivity index (χ1v) is 11.1. The monoisotopic (exact) mass is 474 g/mol. The van der Waals surface area contributed by atoms with Gasteiger partial charge in [0, 0.05) is 22.2 Å². The van der Waals surface area contributed by atoms with Crippen molar-refractivity contribution >= 4 is 34.3 Å². The van der Waals surface area contributed by atoms with Crippen molar-refractivity contribution in [3.8, 4) is 23.0 Å². The molecule has 0 unspecified atom stereocenters. The van der Waals surface area contributed by atoms with Gasteiger partial charge in [-0.05, 0) is 42.5 Å². The molecule has 5 rings (SSSR count). The third-order valence-corrected chi connectivity index (χ3v) is 5.51. The average Bonchev–Trinajstić information content (AvgIpc) is 3.13. The van der Waals surface area contributed by atoms with Gasteiger partial charge in [-0.15, -0.1) is 0 Å². The molecule has 0 N–H and O–H groups in total. The Bertz CT molecular complexity index is 1370. The molecule has 0 bridgehead atoms. The molecule has 7 heteroatoms. The van der Waals surface area contributed by atoms with Crippen molar-refractivity contribution in [2.24, 2.45) is 0 Å². The van der Waals surface area contributed by atoms with Crippen molar-refractivity contribution in [3.05, 3.63) is 95.0 Å². The van der Waals surface area contributed by atoms with Gasteiger partial charge in [0.15, 0.2) is 11.5 Å². The number of rotatable bonds is 4. The quantitative estimate of drug-likeness (QED) is 0.263. The number of hydrogen-bond acceptors (Lipinski definition) is 6. The van der Waals surface area contributed by atoms with E-state index in [1.807, 2.05) is 12.1 Å². The molecule has 6 nitrogen and oxygen atoms in total. The van der Waals surface area contributed by atoms with Crippen molar-refractivity contribution in [3.63, 3.8) is 0 Å². The van der Waals surface area contributed by atoms with Crippen LogP contribution in [0.2, 0.25) is 5.02 Å². The third-order valence-electron chi connectivity index (χ3n) is 5.28. The number of halogens is 1. The summed E-state index contributed by atoms with van der Waals surface area (Å²) in [6.07, 6.45) is 0.601. The van der Waals surface area contributed by atoms with Crippen LogP contribution >= 0.6 is 11.6 Å². The first kappa shape index (κ1) is 21.8. The third kappa shape index (κ3) is 4.28. The fraction of sp³-hybridized carbons (Fsp3) is 0.111. The number of ether oxygens (including phenoxy) is 4. The summed E-state index contributed by atoms with van der Waals surface area (Å²) in [6, 6.07) is 22.2. The first-order chi connectivity index (χ1) is 16.6. The first-order valence-electron chi connectivity index (χ1n) is 10.7. The molecule has 1 heterocycles. The van der Waals surface area contributed by atoms with Crippen LogP contribution in [0.4, 0.5) is 0 Å². The van der Waals surface area contributed by atoms with Gasteiger partial charge in [-0.2, -0.15) is 0 Å². The summed E-state index contributed by atoms with van der Waals surface area (Å²) in [7, 11) is 0. The lowest BCUT2D eigenvalue weighted by atomic mass is 10.1. The van der Waals surface area contributed by atoms with Crippen molar-refractivity contribution < 1.29 is 28.5 Å². The van der Waals surface area contributed by atoms with Crippen LogP contribution in [0.1, 0.15) is 27.1 Å². The zero-order valence-electron chi connectivity index (χ0n) is 18.0. The average molecular weight is 475 g/mol. The minimum Gasteiger partial charge on any atom is -0.486 e. The van der Waals surface area contributed by atoms with Crippen molar-refractivity contribution in [2.45, 2.75) is 6.42 Å². The standard InChI is InChI=1S/C27H19ClO6/c28-19-12-13-20-21(16-19)23(34-27(30)18-10-5-2-6-11-18)25-24(31-14-7-15-32-25)22(20)33-26(29)17-8-3-1-4-9-17/h1-6,8-13,16H,7,14-15H2. The van der Waals surface area contributed by atoms with Gasteiger partial charge in [-0.25, -0.2) is 9.59 Å². The van der Waals surface area contributed by atoms with Crippen LogP contribution in [0.3, 0.4) is 0 Å². The fourth-order valence-corrected chi connectivity index (χ4v) is 3.85. The molecule has 0 spiro atoms. The Morgan fingerprint density at radius 1 is 0.676 bits per heavy atom.